The summed E-state index contributed by atoms with van der Waals surface area (Å²) in [5.41, 5.74) is 0.697. The van der Waals surface area contributed by atoms with Crippen LogP contribution in [0.4, 0.5) is 4.39 Å². The Morgan fingerprint density at radius 3 is 2.74 bits per heavy atom. The summed E-state index contributed by atoms with van der Waals surface area (Å²) < 4.78 is 18.6. The van der Waals surface area contributed by atoms with E-state index in [-0.39, 0.29) is 24.4 Å². The fourth-order valence-corrected chi connectivity index (χ4v) is 1.55. The molecule has 0 aliphatic heterocycles. The van der Waals surface area contributed by atoms with Gasteiger partial charge in [0.1, 0.15) is 11.6 Å². The summed E-state index contributed by atoms with van der Waals surface area (Å²) in [5, 5.41) is 2.94. The van der Waals surface area contributed by atoms with Crippen LogP contribution in [0.15, 0.2) is 18.2 Å². The number of nitrogens with one attached hydrogen (secondary N) is 1. The maximum Gasteiger partial charge on any atom is 0.260 e. The van der Waals surface area contributed by atoms with E-state index in [1.165, 1.54) is 12.1 Å². The van der Waals surface area contributed by atoms with Gasteiger partial charge in [-0.2, -0.15) is 0 Å². The van der Waals surface area contributed by atoms with E-state index in [4.69, 9.17) is 4.74 Å². The van der Waals surface area contributed by atoms with Crippen molar-refractivity contribution in [2.75, 3.05) is 20.7 Å². The maximum atomic E-state index is 13.1. The molecule has 0 heterocycles. The van der Waals surface area contributed by atoms with Crippen molar-refractivity contribution in [2.45, 2.75) is 26.4 Å². The number of carbonyl (C=O) groups excluding carboxylic acids is 1. The van der Waals surface area contributed by atoms with Gasteiger partial charge < -0.3 is 15.0 Å². The number of ether oxygens (including phenoxy) is 1. The molecule has 1 amide bonds. The number of rotatable bonds is 6. The smallest absolute Gasteiger partial charge is 0.260 e. The zero-order valence-electron chi connectivity index (χ0n) is 11.9. The second-order valence-electron chi connectivity index (χ2n) is 4.67. The van der Waals surface area contributed by atoms with Gasteiger partial charge in [0.2, 0.25) is 0 Å². The average molecular weight is 268 g/mol. The van der Waals surface area contributed by atoms with E-state index in [9.17, 15) is 9.18 Å². The summed E-state index contributed by atoms with van der Waals surface area (Å²) in [6.45, 7) is 4.31. The number of hydrogen-bond acceptors (Lipinski definition) is 3. The number of amides is 1. The van der Waals surface area contributed by atoms with Gasteiger partial charge in [-0.3, -0.25) is 4.79 Å². The van der Waals surface area contributed by atoms with Crippen molar-refractivity contribution < 1.29 is 13.9 Å². The van der Waals surface area contributed by atoms with E-state index in [2.05, 4.69) is 5.32 Å². The molecular weight excluding hydrogens is 247 g/mol. The van der Waals surface area contributed by atoms with Gasteiger partial charge in [0.25, 0.3) is 5.91 Å². The second kappa shape index (κ2) is 7.09. The highest BCUT2D eigenvalue weighted by molar-refractivity contribution is 5.77. The van der Waals surface area contributed by atoms with Crippen LogP contribution in [-0.4, -0.2) is 37.6 Å². The van der Waals surface area contributed by atoms with Crippen LogP contribution in [0.25, 0.3) is 0 Å². The maximum absolute atomic E-state index is 13.1. The molecule has 4 nitrogen and oxygen atoms in total. The minimum Gasteiger partial charge on any atom is -0.483 e. The van der Waals surface area contributed by atoms with Crippen LogP contribution in [-0.2, 0) is 11.3 Å². The van der Waals surface area contributed by atoms with Gasteiger partial charge in [-0.1, -0.05) is 0 Å². The SMILES string of the molecule is CNCc1cc(F)ccc1OCC(=O)N(C)C(C)C. The summed E-state index contributed by atoms with van der Waals surface area (Å²) in [4.78, 5) is 13.4. The van der Waals surface area contributed by atoms with Crippen molar-refractivity contribution in [2.24, 2.45) is 0 Å². The Bertz CT molecular complexity index is 435. The van der Waals surface area contributed by atoms with Crippen LogP contribution in [0.5, 0.6) is 5.75 Å². The fraction of sp³-hybridized carbons (Fsp3) is 0.500. The first-order valence-corrected chi connectivity index (χ1v) is 6.27. The predicted molar refractivity (Wildman–Crippen MR) is 72.6 cm³/mol. The van der Waals surface area contributed by atoms with Crippen LogP contribution in [0, 0.1) is 5.82 Å². The molecule has 1 aromatic carbocycles. The van der Waals surface area contributed by atoms with Crippen molar-refractivity contribution in [3.8, 4) is 5.75 Å². The monoisotopic (exact) mass is 268 g/mol. The highest BCUT2D eigenvalue weighted by Gasteiger charge is 2.13. The molecule has 0 spiro atoms. The topological polar surface area (TPSA) is 41.6 Å². The van der Waals surface area contributed by atoms with E-state index in [0.29, 0.717) is 17.9 Å². The van der Waals surface area contributed by atoms with Gasteiger partial charge in [0.05, 0.1) is 0 Å². The molecule has 106 valence electrons. The van der Waals surface area contributed by atoms with Gasteiger partial charge in [-0.15, -0.1) is 0 Å². The molecule has 19 heavy (non-hydrogen) atoms. The van der Waals surface area contributed by atoms with Crippen LogP contribution in [0.1, 0.15) is 19.4 Å². The molecule has 0 aliphatic carbocycles. The van der Waals surface area contributed by atoms with Crippen molar-refractivity contribution in [1.29, 1.82) is 0 Å². The number of hydrogen-bond donors (Lipinski definition) is 1. The lowest BCUT2D eigenvalue weighted by atomic mass is 10.2. The summed E-state index contributed by atoms with van der Waals surface area (Å²) >= 11 is 0. The van der Waals surface area contributed by atoms with Gasteiger partial charge in [0, 0.05) is 25.2 Å². The first kappa shape index (κ1) is 15.4. The lowest BCUT2D eigenvalue weighted by Gasteiger charge is -2.21. The van der Waals surface area contributed by atoms with E-state index in [1.54, 1.807) is 25.1 Å². The van der Waals surface area contributed by atoms with Crippen molar-refractivity contribution in [3.05, 3.63) is 29.6 Å². The lowest BCUT2D eigenvalue weighted by molar-refractivity contribution is -0.133. The third-order valence-corrected chi connectivity index (χ3v) is 2.91. The number of carbonyl (C=O) groups is 1. The molecule has 0 fully saturated rings. The Balaban J connectivity index is 2.69. The third-order valence-electron chi connectivity index (χ3n) is 2.91. The quantitative estimate of drug-likeness (QED) is 0.855. The van der Waals surface area contributed by atoms with Gasteiger partial charge in [0.15, 0.2) is 6.61 Å². The highest BCUT2D eigenvalue weighted by atomic mass is 19.1. The van der Waals surface area contributed by atoms with Crippen LogP contribution in [0.3, 0.4) is 0 Å². The Labute approximate surface area is 113 Å². The molecule has 1 rings (SSSR count). The molecule has 0 aromatic heterocycles. The molecular formula is C14H21FN2O2. The molecule has 0 unspecified atom stereocenters. The third kappa shape index (κ3) is 4.52. The first-order chi connectivity index (χ1) is 8.95. The predicted octanol–water partition coefficient (Wildman–Crippen LogP) is 1.79. The lowest BCUT2D eigenvalue weighted by Crippen LogP contribution is -2.36. The zero-order chi connectivity index (χ0) is 14.4. The number of halogens is 1. The van der Waals surface area contributed by atoms with E-state index in [0.717, 1.165) is 0 Å². The molecule has 0 atom stereocenters. The Morgan fingerprint density at radius 1 is 1.47 bits per heavy atom. The summed E-state index contributed by atoms with van der Waals surface area (Å²) in [5.74, 6) is 0.110. The van der Waals surface area contributed by atoms with E-state index < -0.39 is 0 Å². The van der Waals surface area contributed by atoms with E-state index >= 15 is 0 Å². The average Bonchev–Trinajstić information content (AvgIpc) is 2.36. The Kier molecular flexibility index (Phi) is 5.76. The Morgan fingerprint density at radius 2 is 2.16 bits per heavy atom. The van der Waals surface area contributed by atoms with Gasteiger partial charge in [-0.25, -0.2) is 4.39 Å². The zero-order valence-corrected chi connectivity index (χ0v) is 11.9. The second-order valence-corrected chi connectivity index (χ2v) is 4.67. The summed E-state index contributed by atoms with van der Waals surface area (Å²) in [6, 6.07) is 4.40. The molecule has 0 radical (unpaired) electrons. The fourth-order valence-electron chi connectivity index (χ4n) is 1.55. The first-order valence-electron chi connectivity index (χ1n) is 6.27. The van der Waals surface area contributed by atoms with Crippen LogP contribution < -0.4 is 10.1 Å². The molecule has 5 heteroatoms. The minimum atomic E-state index is -0.316. The van der Waals surface area contributed by atoms with Crippen molar-refractivity contribution in [1.82, 2.24) is 10.2 Å². The molecule has 1 aromatic rings. The van der Waals surface area contributed by atoms with Crippen molar-refractivity contribution in [3.63, 3.8) is 0 Å². The Hall–Kier alpha value is -1.62. The number of nitrogens with zero attached hydrogens (tertiary/aromatic N) is 1. The van der Waals surface area contributed by atoms with Crippen molar-refractivity contribution >= 4 is 5.91 Å². The molecule has 1 N–H and O–H groups in total. The number of likely N-dealkylation sites (N-methyl/N-ethyl adjacent to an activating group) is 1. The highest BCUT2D eigenvalue weighted by Crippen LogP contribution is 2.19. The minimum absolute atomic E-state index is 0.0446. The molecule has 0 saturated carbocycles. The molecule has 0 saturated heterocycles. The van der Waals surface area contributed by atoms with Gasteiger partial charge >= 0.3 is 0 Å². The molecule has 0 bridgehead atoms. The number of benzene rings is 1. The largest absolute Gasteiger partial charge is 0.483 e. The molecule has 0 aliphatic rings. The summed E-state index contributed by atoms with van der Waals surface area (Å²) in [7, 11) is 3.50. The van der Waals surface area contributed by atoms with Gasteiger partial charge in [-0.05, 0) is 39.1 Å². The van der Waals surface area contributed by atoms with E-state index in [1.807, 2.05) is 13.8 Å². The summed E-state index contributed by atoms with van der Waals surface area (Å²) in [6.07, 6.45) is 0. The van der Waals surface area contributed by atoms with Crippen LogP contribution in [0.2, 0.25) is 0 Å². The standard InChI is InChI=1S/C14H21FN2O2/c1-10(2)17(4)14(18)9-19-13-6-5-12(15)7-11(13)8-16-3/h5-7,10,16H,8-9H2,1-4H3. The normalized spacial score (nSPS) is 10.6. The van der Waals surface area contributed by atoms with Crippen LogP contribution >= 0.6 is 0 Å².